The van der Waals surface area contributed by atoms with E-state index in [0.29, 0.717) is 17.8 Å². The Morgan fingerprint density at radius 3 is 2.52 bits per heavy atom. The summed E-state index contributed by atoms with van der Waals surface area (Å²) in [7, 11) is 1.63. The van der Waals surface area contributed by atoms with E-state index in [1.165, 1.54) is 11.9 Å². The van der Waals surface area contributed by atoms with Crippen LogP contribution in [0.1, 0.15) is 59.7 Å². The van der Waals surface area contributed by atoms with Gasteiger partial charge in [0.1, 0.15) is 12.4 Å². The molecule has 4 aromatic rings. The quantitative estimate of drug-likeness (QED) is 0.353. The smallest absolute Gasteiger partial charge is 0.163 e. The summed E-state index contributed by atoms with van der Waals surface area (Å²) in [4.78, 5) is 26.2. The summed E-state index contributed by atoms with van der Waals surface area (Å²) >= 11 is 0. The van der Waals surface area contributed by atoms with Crippen molar-refractivity contribution in [2.45, 2.75) is 39.2 Å². The third kappa shape index (κ3) is 5.04. The lowest BCUT2D eigenvalue weighted by Crippen LogP contribution is -2.11. The van der Waals surface area contributed by atoms with Gasteiger partial charge in [-0.15, -0.1) is 0 Å². The molecular formula is C26H27N5O2. The van der Waals surface area contributed by atoms with Crippen molar-refractivity contribution in [3.63, 3.8) is 0 Å². The molecule has 7 heteroatoms. The molecule has 0 saturated heterocycles. The molecule has 0 radical (unpaired) electrons. The van der Waals surface area contributed by atoms with Crippen molar-refractivity contribution >= 4 is 5.78 Å². The monoisotopic (exact) mass is 441 g/mol. The number of hydrogen-bond donors (Lipinski definition) is 0. The molecule has 0 spiro atoms. The first-order valence-electron chi connectivity index (χ1n) is 10.9. The van der Waals surface area contributed by atoms with Gasteiger partial charge in [0.05, 0.1) is 11.4 Å². The highest BCUT2D eigenvalue weighted by Gasteiger charge is 2.19. The van der Waals surface area contributed by atoms with Crippen molar-refractivity contribution in [3.8, 4) is 16.8 Å². The summed E-state index contributed by atoms with van der Waals surface area (Å²) in [5.41, 5.74) is 5.32. The Morgan fingerprint density at radius 1 is 1.03 bits per heavy atom. The van der Waals surface area contributed by atoms with Gasteiger partial charge in [0, 0.05) is 43.6 Å². The van der Waals surface area contributed by atoms with Crippen molar-refractivity contribution in [3.05, 3.63) is 90.0 Å². The van der Waals surface area contributed by atoms with Crippen molar-refractivity contribution < 1.29 is 9.53 Å². The summed E-state index contributed by atoms with van der Waals surface area (Å²) in [5.74, 6) is 0.655. The number of benzene rings is 2. The maximum Gasteiger partial charge on any atom is 0.163 e. The van der Waals surface area contributed by atoms with Crippen LogP contribution in [0.5, 0.6) is 0 Å². The Kier molecular flexibility index (Phi) is 6.70. The molecule has 2 atom stereocenters. The van der Waals surface area contributed by atoms with Gasteiger partial charge in [-0.1, -0.05) is 36.8 Å². The fourth-order valence-electron chi connectivity index (χ4n) is 3.70. The maximum atomic E-state index is 13.3. The summed E-state index contributed by atoms with van der Waals surface area (Å²) < 4.78 is 7.19. The second kappa shape index (κ2) is 9.83. The molecule has 0 N–H and O–H groups in total. The minimum Gasteiger partial charge on any atom is -0.374 e. The van der Waals surface area contributed by atoms with Gasteiger partial charge in [-0.3, -0.25) is 14.8 Å². The van der Waals surface area contributed by atoms with Gasteiger partial charge in [-0.05, 0) is 43.2 Å². The normalized spacial score (nSPS) is 13.0. The number of Topliss-reactive ketones (excluding diaryl/α,β-unsaturated/α-hetero) is 1. The van der Waals surface area contributed by atoms with E-state index in [0.717, 1.165) is 22.5 Å². The molecule has 0 aliphatic heterocycles. The molecule has 0 saturated carbocycles. The van der Waals surface area contributed by atoms with E-state index >= 15 is 0 Å². The van der Waals surface area contributed by atoms with Gasteiger partial charge >= 0.3 is 0 Å². The average molecular weight is 442 g/mol. The molecule has 0 aliphatic rings. The summed E-state index contributed by atoms with van der Waals surface area (Å²) in [6, 6.07) is 14.1. The topological polar surface area (TPSA) is 82.8 Å². The van der Waals surface area contributed by atoms with Crippen molar-refractivity contribution in [2.24, 2.45) is 0 Å². The Labute approximate surface area is 193 Å². The van der Waals surface area contributed by atoms with Crippen LogP contribution in [0.25, 0.3) is 16.8 Å². The van der Waals surface area contributed by atoms with Crippen LogP contribution in [0.2, 0.25) is 0 Å². The number of ketones is 1. The highest BCUT2D eigenvalue weighted by atomic mass is 16.5. The molecule has 2 aromatic carbocycles. The van der Waals surface area contributed by atoms with E-state index < -0.39 is 0 Å². The molecule has 2 heterocycles. The molecule has 0 bridgehead atoms. The molecule has 0 aliphatic carbocycles. The van der Waals surface area contributed by atoms with Crippen LogP contribution in [0, 0.1) is 6.92 Å². The lowest BCUT2D eigenvalue weighted by atomic mass is 9.94. The summed E-state index contributed by atoms with van der Waals surface area (Å²) in [6.45, 7) is 5.96. The van der Waals surface area contributed by atoms with Crippen LogP contribution < -0.4 is 0 Å². The third-order valence-electron chi connectivity index (χ3n) is 5.74. The Bertz CT molecular complexity index is 1240. The summed E-state index contributed by atoms with van der Waals surface area (Å²) in [5, 5.41) is 4.41. The minimum absolute atomic E-state index is 0.0322. The number of carbonyl (C=O) groups excluding carboxylic acids is 1. The molecule has 2 aromatic heterocycles. The Hall–Kier alpha value is -3.71. The minimum atomic E-state index is -0.244. The van der Waals surface area contributed by atoms with Crippen molar-refractivity contribution in [2.75, 3.05) is 7.11 Å². The Morgan fingerprint density at radius 2 is 1.82 bits per heavy atom. The first-order chi connectivity index (χ1) is 16.0. The van der Waals surface area contributed by atoms with Gasteiger partial charge in [0.2, 0.25) is 0 Å². The number of aromatic nitrogens is 5. The van der Waals surface area contributed by atoms with Crippen LogP contribution in [0.3, 0.4) is 0 Å². The van der Waals surface area contributed by atoms with Gasteiger partial charge in [-0.2, -0.15) is 5.10 Å². The lowest BCUT2D eigenvalue weighted by molar-refractivity contribution is 0.0975. The van der Waals surface area contributed by atoms with E-state index in [1.807, 2.05) is 32.0 Å². The van der Waals surface area contributed by atoms with Gasteiger partial charge < -0.3 is 4.74 Å². The number of rotatable bonds is 8. The molecular weight excluding hydrogens is 414 g/mol. The second-order valence-electron chi connectivity index (χ2n) is 8.20. The average Bonchev–Trinajstić information content (AvgIpc) is 3.34. The molecule has 0 amide bonds. The lowest BCUT2D eigenvalue weighted by Gasteiger charge is -2.15. The van der Waals surface area contributed by atoms with Crippen LogP contribution in [0.4, 0.5) is 0 Å². The highest BCUT2D eigenvalue weighted by molar-refractivity contribution is 5.98. The van der Waals surface area contributed by atoms with E-state index in [2.05, 4.69) is 51.2 Å². The standard InChI is InChI=1S/C26H27N5O2/c1-17-5-7-20(8-6-17)21-12-22(25(32)11-18(2)24-15-27-9-10-28-24)14-23(13-21)31-26(19(3)33-4)29-16-30-31/h5-10,12-16,18-19H,11H2,1-4H3. The zero-order valence-corrected chi connectivity index (χ0v) is 19.3. The van der Waals surface area contributed by atoms with Gasteiger partial charge in [-0.25, -0.2) is 9.67 Å². The van der Waals surface area contributed by atoms with Crippen molar-refractivity contribution in [1.29, 1.82) is 0 Å². The zero-order valence-electron chi connectivity index (χ0n) is 19.3. The number of hydrogen-bond acceptors (Lipinski definition) is 6. The van der Waals surface area contributed by atoms with Crippen molar-refractivity contribution in [1.82, 2.24) is 24.7 Å². The van der Waals surface area contributed by atoms with Crippen LogP contribution in [-0.4, -0.2) is 37.6 Å². The number of aryl methyl sites for hydroxylation is 1. The maximum absolute atomic E-state index is 13.3. The number of carbonyl (C=O) groups is 1. The van der Waals surface area contributed by atoms with Crippen LogP contribution in [0.15, 0.2) is 67.4 Å². The molecule has 2 unspecified atom stereocenters. The molecule has 0 fully saturated rings. The first-order valence-corrected chi connectivity index (χ1v) is 10.9. The van der Waals surface area contributed by atoms with Gasteiger partial charge in [0.25, 0.3) is 0 Å². The van der Waals surface area contributed by atoms with E-state index in [4.69, 9.17) is 4.74 Å². The SMILES string of the molecule is COC(C)c1ncnn1-c1cc(C(=O)CC(C)c2cnccn2)cc(-c2ccc(C)cc2)c1. The second-order valence-corrected chi connectivity index (χ2v) is 8.20. The summed E-state index contributed by atoms with van der Waals surface area (Å²) in [6.07, 6.45) is 6.57. The van der Waals surface area contributed by atoms with E-state index in [1.54, 1.807) is 30.4 Å². The zero-order chi connectivity index (χ0) is 23.4. The largest absolute Gasteiger partial charge is 0.374 e. The fraction of sp³-hybridized carbons (Fsp3) is 0.269. The fourth-order valence-corrected chi connectivity index (χ4v) is 3.70. The third-order valence-corrected chi connectivity index (χ3v) is 5.74. The van der Waals surface area contributed by atoms with Gasteiger partial charge in [0.15, 0.2) is 11.6 Å². The van der Waals surface area contributed by atoms with E-state index in [9.17, 15) is 4.79 Å². The molecule has 168 valence electrons. The number of methoxy groups -OCH3 is 1. The highest BCUT2D eigenvalue weighted by Crippen LogP contribution is 2.28. The van der Waals surface area contributed by atoms with E-state index in [-0.39, 0.29) is 17.8 Å². The van der Waals surface area contributed by atoms with Crippen LogP contribution >= 0.6 is 0 Å². The number of nitrogens with zero attached hydrogens (tertiary/aromatic N) is 5. The predicted molar refractivity (Wildman–Crippen MR) is 126 cm³/mol. The Balaban J connectivity index is 1.75. The molecule has 33 heavy (non-hydrogen) atoms. The predicted octanol–water partition coefficient (Wildman–Crippen LogP) is 5.12. The molecule has 7 nitrogen and oxygen atoms in total. The van der Waals surface area contributed by atoms with Crippen LogP contribution in [-0.2, 0) is 4.74 Å². The first kappa shape index (κ1) is 22.5. The number of ether oxygens (including phenoxy) is 1. The molecule has 4 rings (SSSR count).